The summed E-state index contributed by atoms with van der Waals surface area (Å²) < 4.78 is 23.2. The lowest BCUT2D eigenvalue weighted by Crippen LogP contribution is -1.90. The third-order valence-corrected chi connectivity index (χ3v) is 7.22. The van der Waals surface area contributed by atoms with Crippen molar-refractivity contribution in [2.45, 2.75) is 0 Å². The molecular formula is C42H36N4O4. The van der Waals surface area contributed by atoms with Crippen molar-refractivity contribution in [3.8, 4) is 57.1 Å². The minimum Gasteiger partial charge on any atom is -0.457 e. The Balaban J connectivity index is 0.000000178. The average molecular weight is 661 g/mol. The first-order valence-corrected chi connectivity index (χ1v) is 15.8. The van der Waals surface area contributed by atoms with E-state index in [0.717, 1.165) is 34.1 Å². The summed E-state index contributed by atoms with van der Waals surface area (Å²) in [6.07, 6.45) is 0. The van der Waals surface area contributed by atoms with Crippen molar-refractivity contribution in [2.75, 3.05) is 22.9 Å². The van der Waals surface area contributed by atoms with E-state index in [-0.39, 0.29) is 0 Å². The van der Waals surface area contributed by atoms with Gasteiger partial charge in [0.25, 0.3) is 0 Å². The lowest BCUT2D eigenvalue weighted by atomic mass is 10.1. The zero-order chi connectivity index (χ0) is 34.7. The van der Waals surface area contributed by atoms with Crippen LogP contribution >= 0.6 is 0 Å². The van der Waals surface area contributed by atoms with Gasteiger partial charge in [-0.25, -0.2) is 0 Å². The first-order valence-electron chi connectivity index (χ1n) is 15.8. The number of hydrogen-bond donors (Lipinski definition) is 4. The topological polar surface area (TPSA) is 141 Å². The maximum atomic E-state index is 5.83. The normalized spacial score (nSPS) is 10.3. The van der Waals surface area contributed by atoms with Crippen LogP contribution in [-0.4, -0.2) is 0 Å². The van der Waals surface area contributed by atoms with Crippen molar-refractivity contribution in [1.82, 2.24) is 0 Å². The average Bonchev–Trinajstić information content (AvgIpc) is 3.10. The van der Waals surface area contributed by atoms with Gasteiger partial charge in [-0.05, 0) is 96.1 Å². The number of nitrogens with two attached hydrogens (primary N) is 4. The zero-order valence-corrected chi connectivity index (χ0v) is 27.1. The van der Waals surface area contributed by atoms with Crippen LogP contribution in [0.3, 0.4) is 0 Å². The molecule has 0 aliphatic heterocycles. The summed E-state index contributed by atoms with van der Waals surface area (Å²) in [6.45, 7) is 0. The van der Waals surface area contributed by atoms with E-state index in [2.05, 4.69) is 0 Å². The van der Waals surface area contributed by atoms with Gasteiger partial charge in [0, 0.05) is 53.1 Å². The van der Waals surface area contributed by atoms with Crippen molar-refractivity contribution >= 4 is 22.7 Å². The Hall–Kier alpha value is -7.06. The molecule has 0 atom stereocenters. The minimum absolute atomic E-state index is 0.657. The molecule has 50 heavy (non-hydrogen) atoms. The van der Waals surface area contributed by atoms with Crippen LogP contribution in [0.1, 0.15) is 0 Å². The Morgan fingerprint density at radius 2 is 0.480 bits per heavy atom. The fraction of sp³-hybridized carbons (Fsp3) is 0. The Kier molecular flexibility index (Phi) is 10.3. The molecule has 8 heteroatoms. The van der Waals surface area contributed by atoms with Gasteiger partial charge in [0.2, 0.25) is 0 Å². The standard InChI is InChI=1S/C24H20N2O2.C18H16N2O2/c25-19-3-1-5-23(15-19)27-21-11-7-17(8-12-21)18-9-13-22(14-10-18)28-24-6-2-4-20(26)16-24;19-13-4-1-6-15(10-13)21-17-8-3-9-18(12-17)22-16-7-2-5-14(20)11-16/h1-16H,25-26H2;1-12H,19-20H2. The maximum absolute atomic E-state index is 5.83. The zero-order valence-electron chi connectivity index (χ0n) is 27.1. The maximum Gasteiger partial charge on any atom is 0.131 e. The molecule has 8 nitrogen and oxygen atoms in total. The number of benzene rings is 7. The number of rotatable bonds is 9. The van der Waals surface area contributed by atoms with Crippen molar-refractivity contribution in [3.63, 3.8) is 0 Å². The van der Waals surface area contributed by atoms with Gasteiger partial charge < -0.3 is 41.9 Å². The molecule has 248 valence electrons. The molecule has 0 radical (unpaired) electrons. The fourth-order valence-electron chi connectivity index (χ4n) is 4.89. The number of ether oxygens (including phenoxy) is 4. The summed E-state index contributed by atoms with van der Waals surface area (Å²) in [4.78, 5) is 0. The van der Waals surface area contributed by atoms with Gasteiger partial charge in [-0.15, -0.1) is 0 Å². The van der Waals surface area contributed by atoms with Crippen LogP contribution in [-0.2, 0) is 0 Å². The Morgan fingerprint density at radius 3 is 0.760 bits per heavy atom. The molecular weight excluding hydrogens is 624 g/mol. The van der Waals surface area contributed by atoms with Crippen molar-refractivity contribution in [2.24, 2.45) is 0 Å². The van der Waals surface area contributed by atoms with Gasteiger partial charge in [-0.1, -0.05) is 54.6 Å². The molecule has 0 fully saturated rings. The van der Waals surface area contributed by atoms with Crippen molar-refractivity contribution in [3.05, 3.63) is 170 Å². The minimum atomic E-state index is 0.657. The van der Waals surface area contributed by atoms with E-state index in [4.69, 9.17) is 41.9 Å². The Morgan fingerprint density at radius 1 is 0.240 bits per heavy atom. The van der Waals surface area contributed by atoms with Gasteiger partial charge in [0.05, 0.1) is 0 Å². The smallest absolute Gasteiger partial charge is 0.131 e. The monoisotopic (exact) mass is 660 g/mol. The summed E-state index contributed by atoms with van der Waals surface area (Å²) in [5.74, 6) is 5.67. The fourth-order valence-corrected chi connectivity index (χ4v) is 4.89. The molecule has 8 N–H and O–H groups in total. The van der Waals surface area contributed by atoms with E-state index in [0.29, 0.717) is 45.7 Å². The van der Waals surface area contributed by atoms with Crippen molar-refractivity contribution < 1.29 is 18.9 Å². The second kappa shape index (κ2) is 15.7. The van der Waals surface area contributed by atoms with Gasteiger partial charge >= 0.3 is 0 Å². The van der Waals surface area contributed by atoms with Crippen LogP contribution in [0, 0.1) is 0 Å². The van der Waals surface area contributed by atoms with Crippen LogP contribution in [0.25, 0.3) is 11.1 Å². The number of anilines is 4. The Bertz CT molecular complexity index is 2020. The van der Waals surface area contributed by atoms with Crippen LogP contribution in [0.2, 0.25) is 0 Å². The van der Waals surface area contributed by atoms with E-state index in [1.807, 2.05) is 146 Å². The number of nitrogen functional groups attached to an aromatic ring is 4. The van der Waals surface area contributed by atoms with Crippen LogP contribution in [0.15, 0.2) is 170 Å². The van der Waals surface area contributed by atoms with Gasteiger partial charge in [-0.3, -0.25) is 0 Å². The molecule has 7 aromatic carbocycles. The van der Waals surface area contributed by atoms with E-state index < -0.39 is 0 Å². The van der Waals surface area contributed by atoms with Crippen LogP contribution in [0.4, 0.5) is 22.7 Å². The Labute approximate surface area is 291 Å². The largest absolute Gasteiger partial charge is 0.457 e. The van der Waals surface area contributed by atoms with Gasteiger partial charge in [-0.2, -0.15) is 0 Å². The number of hydrogen-bond acceptors (Lipinski definition) is 8. The molecule has 0 aliphatic rings. The molecule has 0 amide bonds. The lowest BCUT2D eigenvalue weighted by Gasteiger charge is -2.09. The van der Waals surface area contributed by atoms with Crippen LogP contribution in [0.5, 0.6) is 46.0 Å². The highest BCUT2D eigenvalue weighted by molar-refractivity contribution is 5.65. The highest BCUT2D eigenvalue weighted by Crippen LogP contribution is 2.31. The summed E-state index contributed by atoms with van der Waals surface area (Å²) in [7, 11) is 0. The summed E-state index contributed by atoms with van der Waals surface area (Å²) in [5.41, 5.74) is 27.9. The van der Waals surface area contributed by atoms with Gasteiger partial charge in [0.15, 0.2) is 0 Å². The molecule has 0 aliphatic carbocycles. The highest BCUT2D eigenvalue weighted by atomic mass is 16.5. The molecule has 7 aromatic rings. The second-order valence-corrected chi connectivity index (χ2v) is 11.2. The molecule has 0 saturated heterocycles. The molecule has 0 saturated carbocycles. The second-order valence-electron chi connectivity index (χ2n) is 11.2. The van der Waals surface area contributed by atoms with E-state index in [1.54, 1.807) is 24.3 Å². The summed E-state index contributed by atoms with van der Waals surface area (Å²) in [6, 6.07) is 52.5. The van der Waals surface area contributed by atoms with Gasteiger partial charge in [0.1, 0.15) is 46.0 Å². The van der Waals surface area contributed by atoms with E-state index in [1.165, 1.54) is 0 Å². The molecule has 0 heterocycles. The van der Waals surface area contributed by atoms with Crippen molar-refractivity contribution in [1.29, 1.82) is 0 Å². The molecule has 0 aromatic heterocycles. The first-order chi connectivity index (χ1) is 24.3. The van der Waals surface area contributed by atoms with E-state index >= 15 is 0 Å². The highest BCUT2D eigenvalue weighted by Gasteiger charge is 2.04. The SMILES string of the molecule is Nc1cccc(Oc2ccc(-c3ccc(Oc4cccc(N)c4)cc3)cc2)c1.Nc1cccc(Oc2cccc(Oc3cccc(N)c3)c2)c1. The van der Waals surface area contributed by atoms with Crippen LogP contribution < -0.4 is 41.9 Å². The third-order valence-electron chi connectivity index (χ3n) is 7.22. The first kappa shape index (κ1) is 32.9. The predicted molar refractivity (Wildman–Crippen MR) is 202 cm³/mol. The third kappa shape index (κ3) is 9.49. The molecule has 0 bridgehead atoms. The predicted octanol–water partition coefficient (Wildman–Crippen LogP) is 10.5. The summed E-state index contributed by atoms with van der Waals surface area (Å²) >= 11 is 0. The molecule has 0 unspecified atom stereocenters. The molecule has 0 spiro atoms. The lowest BCUT2D eigenvalue weighted by molar-refractivity contribution is 0.460. The summed E-state index contributed by atoms with van der Waals surface area (Å²) in [5, 5.41) is 0. The molecule has 7 rings (SSSR count). The van der Waals surface area contributed by atoms with E-state index in [9.17, 15) is 0 Å². The quantitative estimate of drug-likeness (QED) is 0.112.